The van der Waals surface area contributed by atoms with Crippen molar-refractivity contribution in [2.75, 3.05) is 0 Å². The standard InChI is InChI=1S/C14H12O4/c15-8-11-5-4-9(7-13(11)17)6-10-2-1-3-12(16)14(10)18/h1-5,7-8,16-18H,6H2. The summed E-state index contributed by atoms with van der Waals surface area (Å²) >= 11 is 0. The summed E-state index contributed by atoms with van der Waals surface area (Å²) in [5.41, 5.74) is 1.51. The van der Waals surface area contributed by atoms with Gasteiger partial charge in [-0.05, 0) is 23.8 Å². The van der Waals surface area contributed by atoms with Crippen LogP contribution in [0, 0.1) is 0 Å². The molecule has 0 saturated heterocycles. The number of benzene rings is 2. The van der Waals surface area contributed by atoms with Crippen LogP contribution in [-0.4, -0.2) is 21.6 Å². The van der Waals surface area contributed by atoms with E-state index in [4.69, 9.17) is 0 Å². The lowest BCUT2D eigenvalue weighted by Gasteiger charge is -2.07. The Bertz CT molecular complexity index is 590. The van der Waals surface area contributed by atoms with E-state index in [0.717, 1.165) is 5.56 Å². The van der Waals surface area contributed by atoms with Crippen LogP contribution in [0.3, 0.4) is 0 Å². The van der Waals surface area contributed by atoms with Gasteiger partial charge in [0.1, 0.15) is 5.75 Å². The predicted octanol–water partition coefficient (Wildman–Crippen LogP) is 2.21. The summed E-state index contributed by atoms with van der Waals surface area (Å²) in [5, 5.41) is 28.6. The van der Waals surface area contributed by atoms with Gasteiger partial charge >= 0.3 is 0 Å². The fourth-order valence-corrected chi connectivity index (χ4v) is 1.74. The summed E-state index contributed by atoms with van der Waals surface area (Å²) in [6.07, 6.45) is 0.928. The van der Waals surface area contributed by atoms with E-state index in [0.29, 0.717) is 18.3 Å². The van der Waals surface area contributed by atoms with E-state index in [2.05, 4.69) is 0 Å². The molecule has 2 aromatic rings. The van der Waals surface area contributed by atoms with Gasteiger partial charge in [-0.1, -0.05) is 18.2 Å². The maximum Gasteiger partial charge on any atom is 0.161 e. The molecular formula is C14H12O4. The van der Waals surface area contributed by atoms with Crippen molar-refractivity contribution in [3.05, 3.63) is 53.1 Å². The molecule has 3 N–H and O–H groups in total. The number of hydrogen-bond donors (Lipinski definition) is 3. The molecule has 2 rings (SSSR count). The maximum absolute atomic E-state index is 10.6. The highest BCUT2D eigenvalue weighted by molar-refractivity contribution is 5.79. The highest BCUT2D eigenvalue weighted by Gasteiger charge is 2.08. The third-order valence-electron chi connectivity index (χ3n) is 2.71. The minimum atomic E-state index is -0.179. The molecule has 0 aliphatic carbocycles. The average molecular weight is 244 g/mol. The third-order valence-corrected chi connectivity index (χ3v) is 2.71. The smallest absolute Gasteiger partial charge is 0.161 e. The highest BCUT2D eigenvalue weighted by atomic mass is 16.3. The number of phenolic OH excluding ortho intramolecular Hbond substituents is 3. The van der Waals surface area contributed by atoms with Crippen LogP contribution in [0.25, 0.3) is 0 Å². The van der Waals surface area contributed by atoms with Gasteiger partial charge < -0.3 is 15.3 Å². The Balaban J connectivity index is 2.31. The number of hydrogen-bond acceptors (Lipinski definition) is 4. The topological polar surface area (TPSA) is 77.8 Å². The average Bonchev–Trinajstić information content (AvgIpc) is 2.35. The molecule has 18 heavy (non-hydrogen) atoms. The van der Waals surface area contributed by atoms with Gasteiger partial charge in [0.25, 0.3) is 0 Å². The van der Waals surface area contributed by atoms with Crippen LogP contribution in [0.4, 0.5) is 0 Å². The first kappa shape index (κ1) is 12.0. The van der Waals surface area contributed by atoms with E-state index < -0.39 is 0 Å². The molecule has 0 unspecified atom stereocenters. The monoisotopic (exact) mass is 244 g/mol. The minimum absolute atomic E-state index is 0.0952. The molecule has 0 radical (unpaired) electrons. The molecule has 0 bridgehead atoms. The summed E-state index contributed by atoms with van der Waals surface area (Å²) in [7, 11) is 0. The number of aldehydes is 1. The van der Waals surface area contributed by atoms with Gasteiger partial charge in [-0.25, -0.2) is 0 Å². The van der Waals surface area contributed by atoms with Crippen molar-refractivity contribution >= 4 is 6.29 Å². The van der Waals surface area contributed by atoms with Crippen molar-refractivity contribution in [1.29, 1.82) is 0 Å². The molecule has 4 nitrogen and oxygen atoms in total. The van der Waals surface area contributed by atoms with Crippen molar-refractivity contribution in [1.82, 2.24) is 0 Å². The molecule has 0 aliphatic heterocycles. The summed E-state index contributed by atoms with van der Waals surface area (Å²) in [6.45, 7) is 0. The minimum Gasteiger partial charge on any atom is -0.507 e. The number of rotatable bonds is 3. The van der Waals surface area contributed by atoms with Gasteiger partial charge in [-0.3, -0.25) is 4.79 Å². The third kappa shape index (κ3) is 2.27. The first-order valence-corrected chi connectivity index (χ1v) is 5.38. The summed E-state index contributed by atoms with van der Waals surface area (Å²) in [5.74, 6) is -0.445. The second-order valence-electron chi connectivity index (χ2n) is 3.97. The van der Waals surface area contributed by atoms with Crippen molar-refractivity contribution < 1.29 is 20.1 Å². The maximum atomic E-state index is 10.6. The van der Waals surface area contributed by atoms with E-state index in [9.17, 15) is 20.1 Å². The lowest BCUT2D eigenvalue weighted by atomic mass is 10.0. The molecule has 92 valence electrons. The van der Waals surface area contributed by atoms with Gasteiger partial charge in [0.05, 0.1) is 5.56 Å². The number of phenols is 3. The Morgan fingerprint density at radius 1 is 1.00 bits per heavy atom. The second kappa shape index (κ2) is 4.79. The largest absolute Gasteiger partial charge is 0.507 e. The summed E-state index contributed by atoms with van der Waals surface area (Å²) in [4.78, 5) is 10.6. The van der Waals surface area contributed by atoms with E-state index >= 15 is 0 Å². The van der Waals surface area contributed by atoms with Crippen molar-refractivity contribution in [2.24, 2.45) is 0 Å². The Hall–Kier alpha value is -2.49. The van der Waals surface area contributed by atoms with Gasteiger partial charge in [-0.15, -0.1) is 0 Å². The molecular weight excluding hydrogens is 232 g/mol. The molecule has 0 aliphatic rings. The lowest BCUT2D eigenvalue weighted by Crippen LogP contribution is -1.91. The van der Waals surface area contributed by atoms with Gasteiger partial charge in [0, 0.05) is 12.0 Å². The first-order chi connectivity index (χ1) is 8.61. The molecule has 0 fully saturated rings. The Labute approximate surface area is 104 Å². The normalized spacial score (nSPS) is 10.2. The van der Waals surface area contributed by atoms with E-state index in [1.54, 1.807) is 18.2 Å². The van der Waals surface area contributed by atoms with Crippen molar-refractivity contribution in [3.63, 3.8) is 0 Å². The number of carbonyl (C=O) groups is 1. The molecule has 0 heterocycles. The van der Waals surface area contributed by atoms with Crippen LogP contribution in [0.15, 0.2) is 36.4 Å². The Morgan fingerprint density at radius 3 is 2.44 bits per heavy atom. The first-order valence-electron chi connectivity index (χ1n) is 5.38. The highest BCUT2D eigenvalue weighted by Crippen LogP contribution is 2.30. The van der Waals surface area contributed by atoms with Crippen LogP contribution >= 0.6 is 0 Å². The lowest BCUT2D eigenvalue weighted by molar-refractivity contribution is 0.112. The summed E-state index contributed by atoms with van der Waals surface area (Å²) in [6, 6.07) is 9.37. The zero-order valence-corrected chi connectivity index (χ0v) is 9.50. The van der Waals surface area contributed by atoms with Crippen LogP contribution < -0.4 is 0 Å². The molecule has 2 aromatic carbocycles. The van der Waals surface area contributed by atoms with E-state index in [-0.39, 0.29) is 22.8 Å². The fraction of sp³-hybridized carbons (Fsp3) is 0.0714. The molecule has 0 spiro atoms. The van der Waals surface area contributed by atoms with Gasteiger partial charge in [-0.2, -0.15) is 0 Å². The SMILES string of the molecule is O=Cc1ccc(Cc2cccc(O)c2O)cc1O. The van der Waals surface area contributed by atoms with Crippen LogP contribution in [0.2, 0.25) is 0 Å². The van der Waals surface area contributed by atoms with Crippen LogP contribution in [0.5, 0.6) is 17.2 Å². The van der Waals surface area contributed by atoms with Gasteiger partial charge in [0.15, 0.2) is 17.8 Å². The predicted molar refractivity (Wildman–Crippen MR) is 66.1 cm³/mol. The molecule has 0 saturated carbocycles. The number of para-hydroxylation sites is 1. The molecule has 0 aromatic heterocycles. The van der Waals surface area contributed by atoms with Crippen LogP contribution in [0.1, 0.15) is 21.5 Å². The Kier molecular flexibility index (Phi) is 3.19. The number of aromatic hydroxyl groups is 3. The number of carbonyl (C=O) groups excluding carboxylic acids is 1. The quantitative estimate of drug-likeness (QED) is 0.571. The Morgan fingerprint density at radius 2 is 1.78 bits per heavy atom. The fourth-order valence-electron chi connectivity index (χ4n) is 1.74. The van der Waals surface area contributed by atoms with Crippen molar-refractivity contribution in [2.45, 2.75) is 6.42 Å². The zero-order chi connectivity index (χ0) is 13.1. The second-order valence-corrected chi connectivity index (χ2v) is 3.97. The van der Waals surface area contributed by atoms with E-state index in [1.807, 2.05) is 0 Å². The molecule has 0 amide bonds. The van der Waals surface area contributed by atoms with Crippen molar-refractivity contribution in [3.8, 4) is 17.2 Å². The zero-order valence-electron chi connectivity index (χ0n) is 9.50. The van der Waals surface area contributed by atoms with Crippen LogP contribution in [-0.2, 0) is 6.42 Å². The molecule has 4 heteroatoms. The van der Waals surface area contributed by atoms with Gasteiger partial charge in [0.2, 0.25) is 0 Å². The molecule has 0 atom stereocenters. The summed E-state index contributed by atoms with van der Waals surface area (Å²) < 4.78 is 0. The van der Waals surface area contributed by atoms with E-state index in [1.165, 1.54) is 18.2 Å².